The fourth-order valence-corrected chi connectivity index (χ4v) is 8.07. The van der Waals surface area contributed by atoms with Gasteiger partial charge >= 0.3 is 0 Å². The van der Waals surface area contributed by atoms with Crippen LogP contribution in [0.4, 0.5) is 17.1 Å². The van der Waals surface area contributed by atoms with Gasteiger partial charge in [-0.3, -0.25) is 0 Å². The molecule has 2 aliphatic rings. The van der Waals surface area contributed by atoms with Gasteiger partial charge in [0.25, 0.3) is 0 Å². The summed E-state index contributed by atoms with van der Waals surface area (Å²) in [6, 6.07) is 61.2. The van der Waals surface area contributed by atoms with Crippen molar-refractivity contribution < 1.29 is 0 Å². The maximum Gasteiger partial charge on any atom is 0.0726 e. The largest absolute Gasteiger partial charge is 0.310 e. The molecule has 2 aliphatic carbocycles. The molecule has 45 heavy (non-hydrogen) atoms. The van der Waals surface area contributed by atoms with Gasteiger partial charge in [0, 0.05) is 27.5 Å². The molecule has 1 spiro atoms. The number of fused-ring (bicyclic) bond motifs is 10. The van der Waals surface area contributed by atoms with E-state index in [1.165, 1.54) is 50.1 Å². The van der Waals surface area contributed by atoms with Crippen LogP contribution in [0.3, 0.4) is 0 Å². The molecule has 0 saturated carbocycles. The van der Waals surface area contributed by atoms with E-state index in [0.717, 1.165) is 27.6 Å². The molecule has 1 unspecified atom stereocenters. The molecule has 7 aromatic rings. The van der Waals surface area contributed by atoms with Crippen LogP contribution in [0.15, 0.2) is 170 Å². The molecule has 0 bridgehead atoms. The van der Waals surface area contributed by atoms with Crippen molar-refractivity contribution in [3.8, 4) is 33.4 Å². The zero-order valence-electron chi connectivity index (χ0n) is 24.5. The summed E-state index contributed by atoms with van der Waals surface area (Å²) in [5.74, 6) is 0. The van der Waals surface area contributed by atoms with Crippen molar-refractivity contribution in [2.24, 2.45) is 0 Å². The van der Waals surface area contributed by atoms with Crippen LogP contribution in [-0.2, 0) is 5.41 Å². The normalized spacial score (nSPS) is 15.3. The van der Waals surface area contributed by atoms with Crippen LogP contribution in [-0.4, -0.2) is 0 Å². The molecule has 7 aromatic carbocycles. The highest BCUT2D eigenvalue weighted by molar-refractivity contribution is 6.34. The van der Waals surface area contributed by atoms with Gasteiger partial charge in [0.15, 0.2) is 0 Å². The average molecular weight is 594 g/mol. The van der Waals surface area contributed by atoms with E-state index < -0.39 is 5.41 Å². The first-order valence-electron chi connectivity index (χ1n) is 15.4. The Morgan fingerprint density at radius 1 is 0.378 bits per heavy atom. The van der Waals surface area contributed by atoms with Crippen LogP contribution in [0.5, 0.6) is 0 Å². The van der Waals surface area contributed by atoms with Gasteiger partial charge in [-0.2, -0.15) is 0 Å². The third-order valence-electron chi connectivity index (χ3n) is 9.55. The molecule has 0 heterocycles. The molecule has 0 aromatic heterocycles. The smallest absolute Gasteiger partial charge is 0.0726 e. The third kappa shape index (κ3) is 3.68. The lowest BCUT2D eigenvalue weighted by atomic mass is 9.70. The minimum absolute atomic E-state index is 0.460. The van der Waals surface area contributed by atoms with Gasteiger partial charge in [0.1, 0.15) is 0 Å². The van der Waals surface area contributed by atoms with Gasteiger partial charge in [0.05, 0.1) is 11.1 Å². The summed E-state index contributed by atoms with van der Waals surface area (Å²) in [4.78, 5) is 2.41. The van der Waals surface area contributed by atoms with Crippen LogP contribution in [0.2, 0.25) is 5.02 Å². The van der Waals surface area contributed by atoms with Gasteiger partial charge in [-0.15, -0.1) is 0 Å². The molecule has 0 fully saturated rings. The standard InChI is InChI=1S/C43H28ClN/c44-39-23-11-21-37-41(39)33-17-7-9-19-35(33)43(37)36-20-10-8-18-34(36)42-38(43)22-12-24-40(42)45(31-15-5-2-6-16-31)32-27-25-30(26-28-32)29-13-3-1-4-14-29/h1-28H. The number of nitrogens with zero attached hydrogens (tertiary/aromatic N) is 1. The van der Waals surface area contributed by atoms with Crippen LogP contribution in [0, 0.1) is 0 Å². The molecule has 0 saturated heterocycles. The summed E-state index contributed by atoms with van der Waals surface area (Å²) >= 11 is 7.00. The van der Waals surface area contributed by atoms with E-state index in [1.807, 2.05) is 6.07 Å². The molecule has 0 N–H and O–H groups in total. The first-order chi connectivity index (χ1) is 22.3. The minimum atomic E-state index is -0.460. The highest BCUT2D eigenvalue weighted by atomic mass is 35.5. The van der Waals surface area contributed by atoms with E-state index in [9.17, 15) is 0 Å². The fourth-order valence-electron chi connectivity index (χ4n) is 7.80. The quantitative estimate of drug-likeness (QED) is 0.196. The van der Waals surface area contributed by atoms with Gasteiger partial charge in [-0.05, 0) is 80.9 Å². The lowest BCUT2D eigenvalue weighted by Gasteiger charge is -2.32. The topological polar surface area (TPSA) is 3.24 Å². The predicted octanol–water partition coefficient (Wildman–Crippen LogP) is 11.8. The summed E-state index contributed by atoms with van der Waals surface area (Å²) < 4.78 is 0. The lowest BCUT2D eigenvalue weighted by Crippen LogP contribution is -2.26. The van der Waals surface area contributed by atoms with Gasteiger partial charge < -0.3 is 4.90 Å². The predicted molar refractivity (Wildman–Crippen MR) is 188 cm³/mol. The highest BCUT2D eigenvalue weighted by Gasteiger charge is 2.52. The second-order valence-corrected chi connectivity index (χ2v) is 12.2. The molecule has 1 nitrogen and oxygen atoms in total. The van der Waals surface area contributed by atoms with Crippen molar-refractivity contribution in [3.63, 3.8) is 0 Å². The number of rotatable bonds is 4. The highest BCUT2D eigenvalue weighted by Crippen LogP contribution is 2.65. The molecule has 1 atom stereocenters. The monoisotopic (exact) mass is 593 g/mol. The maximum atomic E-state index is 7.00. The SMILES string of the molecule is Clc1cccc2c1-c1ccccc1C21c2ccccc2-c2c(N(c3ccccc3)c3ccc(-c4ccccc4)cc3)cccc21. The average Bonchev–Trinajstić information content (AvgIpc) is 3.58. The summed E-state index contributed by atoms with van der Waals surface area (Å²) in [7, 11) is 0. The van der Waals surface area contributed by atoms with Crippen LogP contribution >= 0.6 is 11.6 Å². The Kier molecular flexibility index (Phi) is 5.84. The Morgan fingerprint density at radius 3 is 1.56 bits per heavy atom. The minimum Gasteiger partial charge on any atom is -0.310 e. The Labute approximate surface area is 268 Å². The van der Waals surface area contributed by atoms with E-state index in [4.69, 9.17) is 11.6 Å². The number of halogens is 1. The molecule has 2 heteroatoms. The molecule has 9 rings (SSSR count). The first kappa shape index (κ1) is 26.1. The number of anilines is 3. The van der Waals surface area contributed by atoms with Gasteiger partial charge in [-0.25, -0.2) is 0 Å². The molecule has 0 amide bonds. The van der Waals surface area contributed by atoms with Crippen molar-refractivity contribution >= 4 is 28.7 Å². The Balaban J connectivity index is 1.33. The van der Waals surface area contributed by atoms with E-state index in [-0.39, 0.29) is 0 Å². The summed E-state index contributed by atoms with van der Waals surface area (Å²) in [6.07, 6.45) is 0. The van der Waals surface area contributed by atoms with Crippen LogP contribution in [0.25, 0.3) is 33.4 Å². The van der Waals surface area contributed by atoms with Crippen LogP contribution < -0.4 is 4.90 Å². The van der Waals surface area contributed by atoms with Gasteiger partial charge in [-0.1, -0.05) is 145 Å². The fraction of sp³-hybridized carbons (Fsp3) is 0.0233. The Bertz CT molecular complexity index is 2220. The lowest BCUT2D eigenvalue weighted by molar-refractivity contribution is 0.794. The van der Waals surface area contributed by atoms with Gasteiger partial charge in [0.2, 0.25) is 0 Å². The summed E-state index contributed by atoms with van der Waals surface area (Å²) in [6.45, 7) is 0. The van der Waals surface area contributed by atoms with E-state index in [1.54, 1.807) is 0 Å². The van der Waals surface area contributed by atoms with E-state index >= 15 is 0 Å². The van der Waals surface area contributed by atoms with Crippen molar-refractivity contribution in [2.75, 3.05) is 4.90 Å². The maximum absolute atomic E-state index is 7.00. The molecule has 0 aliphatic heterocycles. The van der Waals surface area contributed by atoms with Crippen LogP contribution in [0.1, 0.15) is 22.3 Å². The number of benzene rings is 7. The number of hydrogen-bond donors (Lipinski definition) is 0. The molecular weight excluding hydrogens is 566 g/mol. The molecule has 0 radical (unpaired) electrons. The second-order valence-electron chi connectivity index (χ2n) is 11.8. The number of para-hydroxylation sites is 1. The zero-order chi connectivity index (χ0) is 30.0. The van der Waals surface area contributed by atoms with Crippen molar-refractivity contribution in [1.82, 2.24) is 0 Å². The number of hydrogen-bond acceptors (Lipinski definition) is 1. The molecule has 212 valence electrons. The summed E-state index contributed by atoms with van der Waals surface area (Å²) in [5, 5.41) is 0.795. The zero-order valence-corrected chi connectivity index (χ0v) is 25.2. The second kappa shape index (κ2) is 10.1. The van der Waals surface area contributed by atoms with Crippen molar-refractivity contribution in [2.45, 2.75) is 5.41 Å². The first-order valence-corrected chi connectivity index (χ1v) is 15.8. The Morgan fingerprint density at radius 2 is 0.867 bits per heavy atom. The third-order valence-corrected chi connectivity index (χ3v) is 9.87. The van der Waals surface area contributed by atoms with Crippen molar-refractivity contribution in [1.29, 1.82) is 0 Å². The van der Waals surface area contributed by atoms with Crippen molar-refractivity contribution in [3.05, 3.63) is 197 Å². The van der Waals surface area contributed by atoms with E-state index in [2.05, 4.69) is 169 Å². The molecular formula is C43H28ClN. The summed E-state index contributed by atoms with van der Waals surface area (Å²) in [5.41, 5.74) is 15.3. The van der Waals surface area contributed by atoms with E-state index in [0.29, 0.717) is 0 Å². The Hall–Kier alpha value is -5.37.